The van der Waals surface area contributed by atoms with Gasteiger partial charge in [-0.25, -0.2) is 9.69 Å². The Morgan fingerprint density at radius 2 is 1.59 bits per heavy atom. The van der Waals surface area contributed by atoms with Crippen molar-refractivity contribution in [2.24, 2.45) is 0 Å². The summed E-state index contributed by atoms with van der Waals surface area (Å²) in [5.74, 6) is -0.815. The maximum absolute atomic E-state index is 13.3. The van der Waals surface area contributed by atoms with Gasteiger partial charge in [-0.2, -0.15) is 0 Å². The Hall–Kier alpha value is -4.65. The Balaban J connectivity index is 1.55. The van der Waals surface area contributed by atoms with Gasteiger partial charge in [-0.1, -0.05) is 48.5 Å². The summed E-state index contributed by atoms with van der Waals surface area (Å²) in [4.78, 5) is 39.4. The van der Waals surface area contributed by atoms with Crippen molar-refractivity contribution >= 4 is 40.5 Å². The molecule has 7 nitrogen and oxygen atoms in total. The summed E-state index contributed by atoms with van der Waals surface area (Å²) in [7, 11) is 1.53. The van der Waals surface area contributed by atoms with E-state index in [1.165, 1.54) is 7.11 Å². The van der Waals surface area contributed by atoms with Crippen LogP contribution in [0.5, 0.6) is 5.75 Å². The smallest absolute Gasteiger partial charge is 0.335 e. The molecule has 34 heavy (non-hydrogen) atoms. The van der Waals surface area contributed by atoms with Crippen LogP contribution in [0.25, 0.3) is 17.0 Å². The molecule has 0 saturated carbocycles. The van der Waals surface area contributed by atoms with E-state index in [2.05, 4.69) is 9.88 Å². The molecular weight excluding hydrogens is 430 g/mol. The van der Waals surface area contributed by atoms with Crippen LogP contribution in [0.4, 0.5) is 10.5 Å². The summed E-state index contributed by atoms with van der Waals surface area (Å²) in [6, 6.07) is 23.5. The first-order valence-electron chi connectivity index (χ1n) is 10.7. The van der Waals surface area contributed by atoms with E-state index in [9.17, 15) is 14.4 Å². The third-order valence-corrected chi connectivity index (χ3v) is 5.75. The molecule has 7 heteroatoms. The number of imide groups is 2. The number of anilines is 1. The van der Waals surface area contributed by atoms with Gasteiger partial charge in [0.2, 0.25) is 0 Å². The van der Waals surface area contributed by atoms with Gasteiger partial charge in [0.25, 0.3) is 11.8 Å². The van der Waals surface area contributed by atoms with E-state index in [0.29, 0.717) is 23.5 Å². The molecule has 1 N–H and O–H groups in total. The van der Waals surface area contributed by atoms with Crippen molar-refractivity contribution in [3.8, 4) is 5.75 Å². The third kappa shape index (κ3) is 3.84. The summed E-state index contributed by atoms with van der Waals surface area (Å²) in [6.45, 7) is 0.640. The molecule has 0 radical (unpaired) electrons. The van der Waals surface area contributed by atoms with E-state index in [1.54, 1.807) is 30.3 Å². The van der Waals surface area contributed by atoms with Gasteiger partial charge in [-0.3, -0.25) is 14.9 Å². The van der Waals surface area contributed by atoms with Crippen LogP contribution in [0.15, 0.2) is 90.6 Å². The van der Waals surface area contributed by atoms with E-state index in [-0.39, 0.29) is 5.57 Å². The molecule has 168 valence electrons. The number of aromatic nitrogens is 1. The predicted octanol–water partition coefficient (Wildman–Crippen LogP) is 4.36. The van der Waals surface area contributed by atoms with Crippen LogP contribution >= 0.6 is 0 Å². The molecule has 0 aliphatic carbocycles. The fraction of sp³-hybridized carbons (Fsp3) is 0.0741. The van der Waals surface area contributed by atoms with Crippen LogP contribution in [0.1, 0.15) is 11.1 Å². The van der Waals surface area contributed by atoms with Crippen molar-refractivity contribution in [2.45, 2.75) is 6.54 Å². The number of carbonyl (C=O) groups excluding carboxylic acids is 3. The van der Waals surface area contributed by atoms with Crippen molar-refractivity contribution in [2.75, 3.05) is 12.0 Å². The van der Waals surface area contributed by atoms with Crippen LogP contribution in [-0.4, -0.2) is 29.5 Å². The van der Waals surface area contributed by atoms with E-state index in [4.69, 9.17) is 4.74 Å². The highest BCUT2D eigenvalue weighted by atomic mass is 16.5. The molecule has 0 unspecified atom stereocenters. The lowest BCUT2D eigenvalue weighted by atomic mass is 10.1. The molecule has 2 heterocycles. The number of barbiturate groups is 1. The minimum absolute atomic E-state index is 0.113. The number of para-hydroxylation sites is 1. The Kier molecular flexibility index (Phi) is 5.43. The minimum atomic E-state index is -0.788. The molecule has 0 atom stereocenters. The molecule has 1 aliphatic heterocycles. The topological polar surface area (TPSA) is 80.6 Å². The number of ether oxygens (including phenoxy) is 1. The summed E-state index contributed by atoms with van der Waals surface area (Å²) in [5.41, 5.74) is 3.05. The Morgan fingerprint density at radius 3 is 2.32 bits per heavy atom. The van der Waals surface area contributed by atoms with Crippen molar-refractivity contribution in [1.29, 1.82) is 0 Å². The minimum Gasteiger partial charge on any atom is -0.497 e. The zero-order valence-electron chi connectivity index (χ0n) is 18.4. The van der Waals surface area contributed by atoms with Crippen molar-refractivity contribution < 1.29 is 19.1 Å². The molecule has 0 bridgehead atoms. The van der Waals surface area contributed by atoms with E-state index < -0.39 is 17.8 Å². The SMILES string of the molecule is COc1ccc(N2C(=O)NC(=O)/C(=C\c3cn(Cc4ccccc4)c4ccccc34)C2=O)cc1. The van der Waals surface area contributed by atoms with E-state index in [0.717, 1.165) is 21.4 Å². The van der Waals surface area contributed by atoms with Gasteiger partial charge in [-0.15, -0.1) is 0 Å². The first-order valence-corrected chi connectivity index (χ1v) is 10.7. The van der Waals surface area contributed by atoms with Gasteiger partial charge in [0, 0.05) is 29.2 Å². The zero-order valence-corrected chi connectivity index (χ0v) is 18.4. The molecule has 1 saturated heterocycles. The van der Waals surface area contributed by atoms with Crippen LogP contribution in [-0.2, 0) is 16.1 Å². The number of fused-ring (bicyclic) bond motifs is 1. The van der Waals surface area contributed by atoms with Crippen LogP contribution in [0.3, 0.4) is 0 Å². The number of amides is 4. The lowest BCUT2D eigenvalue weighted by Gasteiger charge is -2.26. The highest BCUT2D eigenvalue weighted by Crippen LogP contribution is 2.28. The first-order chi connectivity index (χ1) is 16.5. The monoisotopic (exact) mass is 451 g/mol. The lowest BCUT2D eigenvalue weighted by molar-refractivity contribution is -0.122. The average molecular weight is 451 g/mol. The molecule has 3 aromatic carbocycles. The normalized spacial score (nSPS) is 15.1. The number of urea groups is 1. The fourth-order valence-corrected chi connectivity index (χ4v) is 4.08. The molecule has 0 spiro atoms. The molecule has 5 rings (SSSR count). The number of hydrogen-bond donors (Lipinski definition) is 1. The van der Waals surface area contributed by atoms with Gasteiger partial charge >= 0.3 is 6.03 Å². The quantitative estimate of drug-likeness (QED) is 0.361. The largest absolute Gasteiger partial charge is 0.497 e. The van der Waals surface area contributed by atoms with E-state index in [1.807, 2.05) is 60.8 Å². The van der Waals surface area contributed by atoms with Crippen molar-refractivity contribution in [3.63, 3.8) is 0 Å². The lowest BCUT2D eigenvalue weighted by Crippen LogP contribution is -2.54. The maximum atomic E-state index is 13.3. The van der Waals surface area contributed by atoms with Gasteiger partial charge in [-0.05, 0) is 42.0 Å². The second-order valence-corrected chi connectivity index (χ2v) is 7.87. The van der Waals surface area contributed by atoms with Gasteiger partial charge in [0.1, 0.15) is 11.3 Å². The van der Waals surface area contributed by atoms with Crippen molar-refractivity contribution in [3.05, 3.63) is 102 Å². The van der Waals surface area contributed by atoms with Crippen LogP contribution < -0.4 is 15.0 Å². The maximum Gasteiger partial charge on any atom is 0.335 e. The number of carbonyl (C=O) groups is 3. The molecular formula is C27H21N3O4. The number of benzene rings is 3. The molecule has 4 amide bonds. The third-order valence-electron chi connectivity index (χ3n) is 5.75. The Labute approximate surface area is 195 Å². The summed E-state index contributed by atoms with van der Waals surface area (Å²) >= 11 is 0. The molecule has 1 fully saturated rings. The summed E-state index contributed by atoms with van der Waals surface area (Å²) < 4.78 is 7.22. The predicted molar refractivity (Wildman–Crippen MR) is 129 cm³/mol. The number of rotatable bonds is 5. The standard InChI is InChI=1S/C27H21N3O4/c1-34-21-13-11-20(12-14-21)30-26(32)23(25(31)28-27(30)33)15-19-17-29(16-18-7-3-2-4-8-18)24-10-6-5-9-22(19)24/h2-15,17H,16H2,1H3,(H,28,31,33)/b23-15+. The highest BCUT2D eigenvalue weighted by Gasteiger charge is 2.37. The summed E-state index contributed by atoms with van der Waals surface area (Å²) in [5, 5.41) is 3.18. The van der Waals surface area contributed by atoms with Crippen LogP contribution in [0, 0.1) is 0 Å². The molecule has 1 aromatic heterocycles. The van der Waals surface area contributed by atoms with Gasteiger partial charge in [0.05, 0.1) is 12.8 Å². The molecule has 4 aromatic rings. The second-order valence-electron chi connectivity index (χ2n) is 7.87. The number of nitrogens with one attached hydrogen (secondary N) is 1. The molecule has 1 aliphatic rings. The number of hydrogen-bond acceptors (Lipinski definition) is 4. The fourth-order valence-electron chi connectivity index (χ4n) is 4.08. The Bertz CT molecular complexity index is 1440. The van der Waals surface area contributed by atoms with Crippen molar-refractivity contribution in [1.82, 2.24) is 9.88 Å². The van der Waals surface area contributed by atoms with Gasteiger partial charge < -0.3 is 9.30 Å². The zero-order chi connectivity index (χ0) is 23.7. The first kappa shape index (κ1) is 21.2. The average Bonchev–Trinajstić information content (AvgIpc) is 3.20. The highest BCUT2D eigenvalue weighted by molar-refractivity contribution is 6.39. The summed E-state index contributed by atoms with van der Waals surface area (Å²) in [6.07, 6.45) is 3.46. The second kappa shape index (κ2) is 8.71. The van der Waals surface area contributed by atoms with E-state index >= 15 is 0 Å². The van der Waals surface area contributed by atoms with Gasteiger partial charge in [0.15, 0.2) is 0 Å². The van der Waals surface area contributed by atoms with Crippen LogP contribution in [0.2, 0.25) is 0 Å². The number of methoxy groups -OCH3 is 1. The Morgan fingerprint density at radius 1 is 0.882 bits per heavy atom. The number of nitrogens with zero attached hydrogens (tertiary/aromatic N) is 2.